The van der Waals surface area contributed by atoms with Crippen LogP contribution in [-0.2, 0) is 6.61 Å². The molecule has 0 aliphatic carbocycles. The first kappa shape index (κ1) is 14.9. The van der Waals surface area contributed by atoms with Gasteiger partial charge in [0, 0.05) is 6.07 Å². The molecule has 108 valence electrons. The number of benzene rings is 2. The van der Waals surface area contributed by atoms with Gasteiger partial charge in [0.05, 0.1) is 19.2 Å². The molecular formula is C17H16FNO2. The molecule has 3 nitrogen and oxygen atoms in total. The Kier molecular flexibility index (Phi) is 5.19. The highest BCUT2D eigenvalue weighted by molar-refractivity contribution is 5.46. The Balaban J connectivity index is 2.12. The Bertz CT molecular complexity index is 657. The van der Waals surface area contributed by atoms with Gasteiger partial charge in [0.25, 0.3) is 0 Å². The Morgan fingerprint density at radius 2 is 1.90 bits per heavy atom. The molecule has 0 heterocycles. The van der Waals surface area contributed by atoms with E-state index in [1.165, 1.54) is 12.1 Å². The summed E-state index contributed by atoms with van der Waals surface area (Å²) in [5.74, 6) is 6.43. The maximum absolute atomic E-state index is 13.3. The van der Waals surface area contributed by atoms with Crippen LogP contribution < -0.4 is 15.2 Å². The van der Waals surface area contributed by atoms with Gasteiger partial charge in [-0.05, 0) is 29.8 Å². The molecule has 0 saturated carbocycles. The van der Waals surface area contributed by atoms with Gasteiger partial charge in [-0.1, -0.05) is 24.0 Å². The smallest absolute Gasteiger partial charge is 0.138 e. The van der Waals surface area contributed by atoms with Crippen LogP contribution in [0.3, 0.4) is 0 Å². The van der Waals surface area contributed by atoms with E-state index in [0.29, 0.717) is 17.9 Å². The van der Waals surface area contributed by atoms with Crippen molar-refractivity contribution < 1.29 is 13.9 Å². The van der Waals surface area contributed by atoms with E-state index in [1.54, 1.807) is 13.2 Å². The summed E-state index contributed by atoms with van der Waals surface area (Å²) in [4.78, 5) is 0. The Morgan fingerprint density at radius 3 is 2.57 bits per heavy atom. The standard InChI is InChI=1S/C17H16FNO2/c1-20-16-8-4-13(5-9-16)12-21-17-11-15(18)7-6-14(17)3-2-10-19/h4-9,11H,10,12,19H2,1H3. The van der Waals surface area contributed by atoms with Crippen molar-refractivity contribution in [2.75, 3.05) is 13.7 Å². The highest BCUT2D eigenvalue weighted by Gasteiger charge is 2.04. The minimum Gasteiger partial charge on any atom is -0.497 e. The van der Waals surface area contributed by atoms with Crippen molar-refractivity contribution in [3.8, 4) is 23.3 Å². The Hall–Kier alpha value is -2.51. The quantitative estimate of drug-likeness (QED) is 0.878. The van der Waals surface area contributed by atoms with Crippen molar-refractivity contribution in [1.29, 1.82) is 0 Å². The Labute approximate surface area is 123 Å². The van der Waals surface area contributed by atoms with Gasteiger partial charge in [-0.3, -0.25) is 0 Å². The third-order valence-electron chi connectivity index (χ3n) is 2.82. The van der Waals surface area contributed by atoms with Gasteiger partial charge in [0.1, 0.15) is 23.9 Å². The number of hydrogen-bond acceptors (Lipinski definition) is 3. The third-order valence-corrected chi connectivity index (χ3v) is 2.82. The fourth-order valence-electron chi connectivity index (χ4n) is 1.75. The van der Waals surface area contributed by atoms with Crippen molar-refractivity contribution in [3.63, 3.8) is 0 Å². The molecule has 0 atom stereocenters. The molecule has 0 spiro atoms. The van der Waals surface area contributed by atoms with E-state index in [2.05, 4.69) is 11.8 Å². The van der Waals surface area contributed by atoms with Gasteiger partial charge in [-0.15, -0.1) is 0 Å². The minimum absolute atomic E-state index is 0.245. The lowest BCUT2D eigenvalue weighted by molar-refractivity contribution is 0.303. The second-order valence-corrected chi connectivity index (χ2v) is 4.28. The SMILES string of the molecule is COc1ccc(COc2cc(F)ccc2C#CCN)cc1. The van der Waals surface area contributed by atoms with Crippen molar-refractivity contribution in [2.24, 2.45) is 5.73 Å². The molecule has 0 bridgehead atoms. The second-order valence-electron chi connectivity index (χ2n) is 4.28. The predicted octanol–water partition coefficient (Wildman–Crippen LogP) is 2.72. The van der Waals surface area contributed by atoms with E-state index in [0.717, 1.165) is 11.3 Å². The number of halogens is 1. The average molecular weight is 285 g/mol. The molecule has 0 fully saturated rings. The van der Waals surface area contributed by atoms with E-state index in [-0.39, 0.29) is 12.4 Å². The summed E-state index contributed by atoms with van der Waals surface area (Å²) in [5, 5.41) is 0. The van der Waals surface area contributed by atoms with Crippen LogP contribution in [0.4, 0.5) is 4.39 Å². The molecule has 0 aliphatic rings. The molecule has 2 rings (SSSR count). The van der Waals surface area contributed by atoms with Gasteiger partial charge in [-0.25, -0.2) is 4.39 Å². The first-order valence-corrected chi connectivity index (χ1v) is 6.47. The topological polar surface area (TPSA) is 44.5 Å². The summed E-state index contributed by atoms with van der Waals surface area (Å²) in [6.07, 6.45) is 0. The molecule has 2 N–H and O–H groups in total. The molecule has 0 aliphatic heterocycles. The first-order chi connectivity index (χ1) is 10.2. The zero-order valence-electron chi connectivity index (χ0n) is 11.7. The number of rotatable bonds is 4. The summed E-state index contributed by atoms with van der Waals surface area (Å²) in [7, 11) is 1.61. The molecular weight excluding hydrogens is 269 g/mol. The number of nitrogens with two attached hydrogens (primary N) is 1. The van der Waals surface area contributed by atoms with Crippen molar-refractivity contribution >= 4 is 0 Å². The summed E-state index contributed by atoms with van der Waals surface area (Å²) >= 11 is 0. The fourth-order valence-corrected chi connectivity index (χ4v) is 1.75. The average Bonchev–Trinajstić information content (AvgIpc) is 2.52. The molecule has 0 unspecified atom stereocenters. The lowest BCUT2D eigenvalue weighted by atomic mass is 10.2. The predicted molar refractivity (Wildman–Crippen MR) is 79.7 cm³/mol. The van der Waals surface area contributed by atoms with Crippen molar-refractivity contribution in [1.82, 2.24) is 0 Å². The van der Waals surface area contributed by atoms with Gasteiger partial charge < -0.3 is 15.2 Å². The van der Waals surface area contributed by atoms with E-state index >= 15 is 0 Å². The van der Waals surface area contributed by atoms with Crippen molar-refractivity contribution in [3.05, 3.63) is 59.4 Å². The summed E-state index contributed by atoms with van der Waals surface area (Å²) in [5.41, 5.74) is 6.93. The molecule has 0 radical (unpaired) electrons. The molecule has 2 aromatic rings. The van der Waals surface area contributed by atoms with Crippen LogP contribution in [-0.4, -0.2) is 13.7 Å². The van der Waals surface area contributed by atoms with Crippen LogP contribution >= 0.6 is 0 Å². The number of hydrogen-bond donors (Lipinski definition) is 1. The van der Waals surface area contributed by atoms with Crippen molar-refractivity contribution in [2.45, 2.75) is 6.61 Å². The van der Waals surface area contributed by atoms with Crippen LogP contribution in [0.15, 0.2) is 42.5 Å². The number of methoxy groups -OCH3 is 1. The van der Waals surface area contributed by atoms with Crippen LogP contribution in [0.1, 0.15) is 11.1 Å². The van der Waals surface area contributed by atoms with Crippen LogP contribution in [0.5, 0.6) is 11.5 Å². The third kappa shape index (κ3) is 4.23. The highest BCUT2D eigenvalue weighted by atomic mass is 19.1. The lowest BCUT2D eigenvalue weighted by Gasteiger charge is -2.09. The molecule has 0 aromatic heterocycles. The van der Waals surface area contributed by atoms with E-state index in [1.807, 2.05) is 24.3 Å². The molecule has 4 heteroatoms. The zero-order chi connectivity index (χ0) is 15.1. The van der Waals surface area contributed by atoms with Crippen LogP contribution in [0, 0.1) is 17.7 Å². The molecule has 2 aromatic carbocycles. The van der Waals surface area contributed by atoms with E-state index < -0.39 is 0 Å². The first-order valence-electron chi connectivity index (χ1n) is 6.47. The molecule has 0 saturated heterocycles. The maximum atomic E-state index is 13.3. The minimum atomic E-state index is -0.363. The fraction of sp³-hybridized carbons (Fsp3) is 0.176. The molecule has 21 heavy (non-hydrogen) atoms. The lowest BCUT2D eigenvalue weighted by Crippen LogP contribution is -1.99. The maximum Gasteiger partial charge on any atom is 0.138 e. The van der Waals surface area contributed by atoms with Gasteiger partial charge in [0.15, 0.2) is 0 Å². The summed E-state index contributed by atoms with van der Waals surface area (Å²) < 4.78 is 24.1. The summed E-state index contributed by atoms with van der Waals surface area (Å²) in [6.45, 7) is 0.569. The molecule has 0 amide bonds. The summed E-state index contributed by atoms with van der Waals surface area (Å²) in [6, 6.07) is 11.7. The van der Waals surface area contributed by atoms with Gasteiger partial charge in [-0.2, -0.15) is 0 Å². The zero-order valence-corrected chi connectivity index (χ0v) is 11.7. The highest BCUT2D eigenvalue weighted by Crippen LogP contribution is 2.21. The second kappa shape index (κ2) is 7.32. The van der Waals surface area contributed by atoms with E-state index in [4.69, 9.17) is 15.2 Å². The number of ether oxygens (including phenoxy) is 2. The van der Waals surface area contributed by atoms with Gasteiger partial charge >= 0.3 is 0 Å². The van der Waals surface area contributed by atoms with Gasteiger partial charge in [0.2, 0.25) is 0 Å². The van der Waals surface area contributed by atoms with Crippen LogP contribution in [0.2, 0.25) is 0 Å². The monoisotopic (exact) mass is 285 g/mol. The van der Waals surface area contributed by atoms with Crippen LogP contribution in [0.25, 0.3) is 0 Å². The normalized spacial score (nSPS) is 9.67. The largest absolute Gasteiger partial charge is 0.497 e. The van der Waals surface area contributed by atoms with E-state index in [9.17, 15) is 4.39 Å². The Morgan fingerprint density at radius 1 is 1.14 bits per heavy atom.